The summed E-state index contributed by atoms with van der Waals surface area (Å²) in [5.41, 5.74) is -1.79. The third-order valence-electron chi connectivity index (χ3n) is 3.85. The zero-order chi connectivity index (χ0) is 18.7. The van der Waals surface area contributed by atoms with Crippen molar-refractivity contribution < 1.29 is 33.6 Å². The highest BCUT2D eigenvalue weighted by Crippen LogP contribution is 2.31. The minimum atomic E-state index is -2.09. The number of rotatable bonds is 6. The summed E-state index contributed by atoms with van der Waals surface area (Å²) in [6, 6.07) is 8.29. The van der Waals surface area contributed by atoms with Crippen LogP contribution in [-0.2, 0) is 23.7 Å². The number of hydrogen-bond acceptors (Lipinski definition) is 7. The first-order valence-electron chi connectivity index (χ1n) is 8.15. The molecule has 138 valence electrons. The number of aliphatic hydroxyl groups is 1. The zero-order valence-corrected chi connectivity index (χ0v) is 14.9. The van der Waals surface area contributed by atoms with E-state index in [0.717, 1.165) is 0 Å². The van der Waals surface area contributed by atoms with Crippen molar-refractivity contribution in [3.63, 3.8) is 0 Å². The van der Waals surface area contributed by atoms with Gasteiger partial charge in [0.2, 0.25) is 0 Å². The Morgan fingerprint density at radius 1 is 1.36 bits per heavy atom. The average molecular weight is 352 g/mol. The van der Waals surface area contributed by atoms with Crippen molar-refractivity contribution in [3.8, 4) is 0 Å². The highest BCUT2D eigenvalue weighted by Gasteiger charge is 2.52. The van der Waals surface area contributed by atoms with Gasteiger partial charge in [-0.15, -0.1) is 0 Å². The van der Waals surface area contributed by atoms with E-state index in [1.807, 2.05) is 0 Å². The van der Waals surface area contributed by atoms with Gasteiger partial charge in [0.25, 0.3) is 0 Å². The van der Waals surface area contributed by atoms with Gasteiger partial charge in [-0.1, -0.05) is 18.2 Å². The molecule has 25 heavy (non-hydrogen) atoms. The van der Waals surface area contributed by atoms with E-state index in [4.69, 9.17) is 18.9 Å². The van der Waals surface area contributed by atoms with Crippen molar-refractivity contribution in [2.24, 2.45) is 0 Å². The molecule has 0 bridgehead atoms. The van der Waals surface area contributed by atoms with E-state index in [9.17, 15) is 14.7 Å². The number of ether oxygens (including phenoxy) is 4. The normalized spacial score (nSPS) is 22.7. The van der Waals surface area contributed by atoms with Crippen LogP contribution in [0.3, 0.4) is 0 Å². The maximum Gasteiger partial charge on any atom is 0.341 e. The predicted octanol–water partition coefficient (Wildman–Crippen LogP) is 1.68. The minimum absolute atomic E-state index is 0.0648. The number of esters is 2. The van der Waals surface area contributed by atoms with E-state index < -0.39 is 35.5 Å². The highest BCUT2D eigenvalue weighted by molar-refractivity contribution is 5.90. The van der Waals surface area contributed by atoms with Crippen LogP contribution in [0.25, 0.3) is 0 Å². The van der Waals surface area contributed by atoms with Gasteiger partial charge in [-0.2, -0.15) is 0 Å². The Morgan fingerprint density at radius 3 is 2.52 bits per heavy atom. The summed E-state index contributed by atoms with van der Waals surface area (Å²) in [4.78, 5) is 24.6. The Bertz CT molecular complexity index is 609. The molecule has 7 nitrogen and oxygen atoms in total. The van der Waals surface area contributed by atoms with Gasteiger partial charge in [-0.05, 0) is 39.8 Å². The lowest BCUT2D eigenvalue weighted by Gasteiger charge is -2.33. The average Bonchev–Trinajstić information content (AvgIpc) is 2.92. The molecule has 2 rings (SSSR count). The lowest BCUT2D eigenvalue weighted by Crippen LogP contribution is -2.56. The Hall–Kier alpha value is -1.96. The van der Waals surface area contributed by atoms with E-state index in [2.05, 4.69) is 0 Å². The Balaban J connectivity index is 2.26. The molecule has 3 atom stereocenters. The van der Waals surface area contributed by atoms with E-state index in [1.165, 1.54) is 6.92 Å². The third-order valence-corrected chi connectivity index (χ3v) is 3.85. The molecule has 1 saturated heterocycles. The second-order valence-corrected chi connectivity index (χ2v) is 6.43. The fourth-order valence-electron chi connectivity index (χ4n) is 2.57. The summed E-state index contributed by atoms with van der Waals surface area (Å²) in [5.74, 6) is -2.48. The Kier molecular flexibility index (Phi) is 5.82. The monoisotopic (exact) mass is 352 g/mol. The smallest absolute Gasteiger partial charge is 0.341 e. The molecule has 1 N–H and O–H groups in total. The molecule has 1 fully saturated rings. The van der Waals surface area contributed by atoms with Gasteiger partial charge in [0.1, 0.15) is 6.10 Å². The van der Waals surface area contributed by atoms with Crippen molar-refractivity contribution in [1.82, 2.24) is 0 Å². The zero-order valence-electron chi connectivity index (χ0n) is 14.9. The van der Waals surface area contributed by atoms with Gasteiger partial charge in [0.05, 0.1) is 18.8 Å². The largest absolute Gasteiger partial charge is 0.464 e. The molecule has 0 aliphatic carbocycles. The number of carbonyl (C=O) groups excluding carboxylic acids is 2. The Morgan fingerprint density at radius 2 is 2.00 bits per heavy atom. The van der Waals surface area contributed by atoms with Crippen LogP contribution in [0.5, 0.6) is 0 Å². The molecular weight excluding hydrogens is 328 g/mol. The van der Waals surface area contributed by atoms with Crippen LogP contribution >= 0.6 is 0 Å². The van der Waals surface area contributed by atoms with Gasteiger partial charge in [0.15, 0.2) is 17.5 Å². The molecule has 0 saturated carbocycles. The van der Waals surface area contributed by atoms with Gasteiger partial charge in [-0.3, -0.25) is 0 Å². The minimum Gasteiger partial charge on any atom is -0.464 e. The number of carbonyl (C=O) groups is 2. The van der Waals surface area contributed by atoms with Crippen molar-refractivity contribution in [2.75, 3.05) is 13.2 Å². The van der Waals surface area contributed by atoms with Gasteiger partial charge >= 0.3 is 11.9 Å². The van der Waals surface area contributed by atoms with Crippen LogP contribution < -0.4 is 0 Å². The summed E-state index contributed by atoms with van der Waals surface area (Å²) < 4.78 is 21.5. The van der Waals surface area contributed by atoms with E-state index in [-0.39, 0.29) is 13.2 Å². The lowest BCUT2D eigenvalue weighted by molar-refractivity contribution is -0.195. The molecule has 1 aromatic rings. The molecule has 1 aromatic carbocycles. The maximum atomic E-state index is 12.4. The topological polar surface area (TPSA) is 91.3 Å². The van der Waals surface area contributed by atoms with Crippen LogP contribution in [0.4, 0.5) is 0 Å². The molecule has 0 radical (unpaired) electrons. The fourth-order valence-corrected chi connectivity index (χ4v) is 2.57. The molecule has 7 heteroatoms. The molecule has 1 aliphatic rings. The molecule has 1 heterocycles. The van der Waals surface area contributed by atoms with Crippen LogP contribution in [0, 0.1) is 0 Å². The molecule has 0 unspecified atom stereocenters. The SMILES string of the molecule is CCOC(=O)[C@@](C)(O)[C@H](OC(=O)c1ccccc1)[C@H]1COC(C)(C)O1. The number of benzene rings is 1. The molecule has 0 aromatic heterocycles. The van der Waals surface area contributed by atoms with Crippen LogP contribution in [0.2, 0.25) is 0 Å². The fraction of sp³-hybridized carbons (Fsp3) is 0.556. The van der Waals surface area contributed by atoms with Crippen molar-refractivity contribution in [1.29, 1.82) is 0 Å². The van der Waals surface area contributed by atoms with E-state index in [0.29, 0.717) is 5.56 Å². The first-order valence-corrected chi connectivity index (χ1v) is 8.15. The summed E-state index contributed by atoms with van der Waals surface area (Å²) >= 11 is 0. The molecular formula is C18H24O7. The van der Waals surface area contributed by atoms with E-state index >= 15 is 0 Å². The summed E-state index contributed by atoms with van der Waals surface area (Å²) in [6.07, 6.45) is -2.11. The van der Waals surface area contributed by atoms with Crippen LogP contribution in [-0.4, -0.2) is 53.9 Å². The van der Waals surface area contributed by atoms with Gasteiger partial charge in [0, 0.05) is 0 Å². The molecule has 0 spiro atoms. The molecule has 0 amide bonds. The van der Waals surface area contributed by atoms with Crippen molar-refractivity contribution >= 4 is 11.9 Å². The maximum absolute atomic E-state index is 12.4. The number of hydrogen-bond donors (Lipinski definition) is 1. The van der Waals surface area contributed by atoms with Crippen molar-refractivity contribution in [2.45, 2.75) is 51.3 Å². The lowest BCUT2D eigenvalue weighted by atomic mass is 9.94. The van der Waals surface area contributed by atoms with Gasteiger partial charge in [-0.25, -0.2) is 9.59 Å². The first-order chi connectivity index (χ1) is 11.7. The van der Waals surface area contributed by atoms with Crippen LogP contribution in [0.15, 0.2) is 30.3 Å². The first kappa shape index (κ1) is 19.4. The predicted molar refractivity (Wildman–Crippen MR) is 87.8 cm³/mol. The highest BCUT2D eigenvalue weighted by atomic mass is 16.8. The van der Waals surface area contributed by atoms with Crippen LogP contribution in [0.1, 0.15) is 38.1 Å². The second kappa shape index (κ2) is 7.51. The standard InChI is InChI=1S/C18H24O7/c1-5-22-16(20)18(4,21)14(13-11-23-17(2,3)25-13)24-15(19)12-9-7-6-8-10-12/h6-10,13-14,21H,5,11H2,1-4H3/t13-,14-,18+/m1/s1. The summed E-state index contributed by atoms with van der Waals surface area (Å²) in [5, 5.41) is 10.7. The second-order valence-electron chi connectivity index (χ2n) is 6.43. The van der Waals surface area contributed by atoms with Crippen molar-refractivity contribution in [3.05, 3.63) is 35.9 Å². The summed E-state index contributed by atoms with van der Waals surface area (Å²) in [6.45, 7) is 6.40. The quantitative estimate of drug-likeness (QED) is 0.779. The molecule has 1 aliphatic heterocycles. The van der Waals surface area contributed by atoms with E-state index in [1.54, 1.807) is 51.1 Å². The van der Waals surface area contributed by atoms with Gasteiger partial charge < -0.3 is 24.1 Å². The third kappa shape index (κ3) is 4.56. The summed E-state index contributed by atoms with van der Waals surface area (Å²) in [7, 11) is 0. The Labute approximate surface area is 146 Å².